The van der Waals surface area contributed by atoms with Crippen molar-refractivity contribution in [3.05, 3.63) is 0 Å². The highest BCUT2D eigenvalue weighted by Gasteiger charge is 2.52. The number of amides is 4. The average molecular weight is 380 g/mol. The molecule has 1 spiro atoms. The second kappa shape index (κ2) is 7.73. The zero-order chi connectivity index (χ0) is 18.9. The molecule has 3 heterocycles. The lowest BCUT2D eigenvalue weighted by Gasteiger charge is -2.33. The van der Waals surface area contributed by atoms with E-state index in [2.05, 4.69) is 10.7 Å². The molecule has 3 saturated heterocycles. The van der Waals surface area contributed by atoms with Crippen LogP contribution in [0.1, 0.15) is 44.9 Å². The van der Waals surface area contributed by atoms with Crippen LogP contribution in [-0.2, 0) is 19.1 Å². The number of hydrogen-bond donors (Lipinski definition) is 2. The van der Waals surface area contributed by atoms with Gasteiger partial charge in [-0.1, -0.05) is 19.3 Å². The monoisotopic (exact) mass is 380 g/mol. The molecule has 0 bridgehead atoms. The van der Waals surface area contributed by atoms with Gasteiger partial charge in [0.2, 0.25) is 0 Å². The van der Waals surface area contributed by atoms with Gasteiger partial charge in [0.1, 0.15) is 5.54 Å². The number of nitrogens with one attached hydrogen (secondary N) is 2. The third-order valence-electron chi connectivity index (χ3n) is 6.14. The second-order valence-electron chi connectivity index (χ2n) is 7.97. The van der Waals surface area contributed by atoms with Crippen molar-refractivity contribution in [1.82, 2.24) is 20.7 Å². The first kappa shape index (κ1) is 18.6. The summed E-state index contributed by atoms with van der Waals surface area (Å²) in [5.41, 5.74) is 1.69. The van der Waals surface area contributed by atoms with Crippen LogP contribution < -0.4 is 10.7 Å². The number of likely N-dealkylation sites (tertiary alicyclic amines) is 1. The number of hydrazine groups is 1. The minimum Gasteiger partial charge on any atom is -0.350 e. The smallest absolute Gasteiger partial charge is 0.344 e. The second-order valence-corrected chi connectivity index (χ2v) is 7.97. The maximum absolute atomic E-state index is 12.7. The van der Waals surface area contributed by atoms with E-state index in [1.54, 1.807) is 0 Å². The van der Waals surface area contributed by atoms with Crippen molar-refractivity contribution in [2.24, 2.45) is 5.92 Å². The van der Waals surface area contributed by atoms with Gasteiger partial charge >= 0.3 is 6.03 Å². The van der Waals surface area contributed by atoms with Crippen LogP contribution in [0.4, 0.5) is 4.79 Å². The quantitative estimate of drug-likeness (QED) is 0.683. The van der Waals surface area contributed by atoms with E-state index >= 15 is 0 Å². The molecule has 4 fully saturated rings. The zero-order valence-electron chi connectivity index (χ0n) is 15.6. The summed E-state index contributed by atoms with van der Waals surface area (Å²) in [5, 5.41) is 3.67. The number of nitrogens with zero attached hydrogens (tertiary/aromatic N) is 2. The van der Waals surface area contributed by atoms with Crippen LogP contribution in [0.25, 0.3) is 0 Å². The normalized spacial score (nSPS) is 27.3. The molecule has 1 saturated carbocycles. The number of urea groups is 1. The highest BCUT2D eigenvalue weighted by atomic mass is 16.7. The van der Waals surface area contributed by atoms with Gasteiger partial charge in [0.15, 0.2) is 6.29 Å². The third-order valence-corrected chi connectivity index (χ3v) is 6.14. The minimum absolute atomic E-state index is 0.112. The fraction of sp³-hybridized carbons (Fsp3) is 0.833. The molecule has 0 radical (unpaired) electrons. The number of imide groups is 1. The summed E-state index contributed by atoms with van der Waals surface area (Å²) in [6.45, 7) is 3.02. The Hall–Kier alpha value is -1.71. The minimum atomic E-state index is -0.817. The number of hydrogen-bond acceptors (Lipinski definition) is 6. The SMILES string of the molecule is O=C(CN1CCC(C2OCCO2)CC1)NN1C(=O)NC2(CCCCC2)C1=O. The first-order valence-corrected chi connectivity index (χ1v) is 9.99. The van der Waals surface area contributed by atoms with Crippen LogP contribution in [-0.4, -0.2) is 72.4 Å². The van der Waals surface area contributed by atoms with Crippen molar-refractivity contribution in [2.75, 3.05) is 32.8 Å². The van der Waals surface area contributed by atoms with Gasteiger partial charge in [-0.2, -0.15) is 5.01 Å². The summed E-state index contributed by atoms with van der Waals surface area (Å²) in [6.07, 6.45) is 5.89. The van der Waals surface area contributed by atoms with Crippen molar-refractivity contribution in [3.63, 3.8) is 0 Å². The van der Waals surface area contributed by atoms with E-state index in [-0.39, 0.29) is 24.6 Å². The molecule has 4 rings (SSSR count). The van der Waals surface area contributed by atoms with Crippen LogP contribution in [0.3, 0.4) is 0 Å². The molecule has 27 heavy (non-hydrogen) atoms. The molecule has 0 aromatic heterocycles. The van der Waals surface area contributed by atoms with E-state index in [0.29, 0.717) is 32.0 Å². The van der Waals surface area contributed by atoms with Gasteiger partial charge in [0, 0.05) is 5.92 Å². The van der Waals surface area contributed by atoms with Crippen LogP contribution >= 0.6 is 0 Å². The first-order valence-electron chi connectivity index (χ1n) is 9.99. The van der Waals surface area contributed by atoms with Gasteiger partial charge in [0.05, 0.1) is 19.8 Å². The highest BCUT2D eigenvalue weighted by Crippen LogP contribution is 2.33. The van der Waals surface area contributed by atoms with Gasteiger partial charge in [-0.25, -0.2) is 4.79 Å². The predicted octanol–water partition coefficient (Wildman–Crippen LogP) is 0.357. The van der Waals surface area contributed by atoms with E-state index in [9.17, 15) is 14.4 Å². The molecule has 0 aromatic carbocycles. The summed E-state index contributed by atoms with van der Waals surface area (Å²) in [4.78, 5) is 39.3. The lowest BCUT2D eigenvalue weighted by Crippen LogP contribution is -2.53. The van der Waals surface area contributed by atoms with Crippen LogP contribution in [0.2, 0.25) is 0 Å². The van der Waals surface area contributed by atoms with E-state index < -0.39 is 11.6 Å². The van der Waals surface area contributed by atoms with Crippen LogP contribution in [0, 0.1) is 5.92 Å². The maximum atomic E-state index is 12.7. The molecule has 150 valence electrons. The molecule has 3 aliphatic heterocycles. The Morgan fingerprint density at radius 2 is 1.78 bits per heavy atom. The van der Waals surface area contributed by atoms with Crippen molar-refractivity contribution < 1.29 is 23.9 Å². The largest absolute Gasteiger partial charge is 0.350 e. The highest BCUT2D eigenvalue weighted by molar-refractivity contribution is 6.08. The zero-order valence-corrected chi connectivity index (χ0v) is 15.6. The van der Waals surface area contributed by atoms with Gasteiger partial charge in [-0.05, 0) is 38.8 Å². The first-order chi connectivity index (χ1) is 13.1. The number of rotatable bonds is 4. The van der Waals surface area contributed by atoms with Gasteiger partial charge < -0.3 is 14.8 Å². The van der Waals surface area contributed by atoms with Crippen LogP contribution in [0.5, 0.6) is 0 Å². The summed E-state index contributed by atoms with van der Waals surface area (Å²) in [7, 11) is 0. The topological polar surface area (TPSA) is 100 Å². The predicted molar refractivity (Wildman–Crippen MR) is 94.2 cm³/mol. The van der Waals surface area contributed by atoms with E-state index in [1.165, 1.54) is 0 Å². The molecule has 0 aromatic rings. The van der Waals surface area contributed by atoms with E-state index in [1.807, 2.05) is 4.90 Å². The summed E-state index contributed by atoms with van der Waals surface area (Å²) in [5.74, 6) is -0.295. The summed E-state index contributed by atoms with van der Waals surface area (Å²) < 4.78 is 11.1. The van der Waals surface area contributed by atoms with Crippen molar-refractivity contribution >= 4 is 17.8 Å². The fourth-order valence-corrected chi connectivity index (χ4v) is 4.61. The van der Waals surface area contributed by atoms with Crippen molar-refractivity contribution in [2.45, 2.75) is 56.8 Å². The molecule has 9 heteroatoms. The van der Waals surface area contributed by atoms with Crippen molar-refractivity contribution in [1.29, 1.82) is 0 Å². The van der Waals surface area contributed by atoms with Gasteiger partial charge in [-0.3, -0.25) is 19.9 Å². The molecule has 9 nitrogen and oxygen atoms in total. The van der Waals surface area contributed by atoms with E-state index in [0.717, 1.165) is 50.2 Å². The molecular formula is C18H28N4O5. The molecule has 2 N–H and O–H groups in total. The summed E-state index contributed by atoms with van der Waals surface area (Å²) in [6, 6.07) is -0.524. The average Bonchev–Trinajstić information content (AvgIpc) is 3.27. The molecular weight excluding hydrogens is 352 g/mol. The van der Waals surface area contributed by atoms with Crippen molar-refractivity contribution in [3.8, 4) is 0 Å². The lowest BCUT2D eigenvalue weighted by atomic mass is 9.82. The Morgan fingerprint density at radius 3 is 2.44 bits per heavy atom. The maximum Gasteiger partial charge on any atom is 0.344 e. The Balaban J connectivity index is 1.26. The molecule has 1 aliphatic carbocycles. The number of ether oxygens (including phenoxy) is 2. The van der Waals surface area contributed by atoms with Gasteiger partial charge in [0.25, 0.3) is 11.8 Å². The Bertz CT molecular complexity index is 593. The molecule has 0 atom stereocenters. The lowest BCUT2D eigenvalue weighted by molar-refractivity contribution is -0.140. The molecule has 4 amide bonds. The van der Waals surface area contributed by atoms with E-state index in [4.69, 9.17) is 9.47 Å². The Kier molecular flexibility index (Phi) is 5.34. The standard InChI is InChI=1S/C18H28N4O5/c23-14(12-21-8-4-13(5-9-21)15-26-10-11-27-15)20-22-16(24)18(19-17(22)25)6-2-1-3-7-18/h13,15H,1-12H2,(H,19,25)(H,20,23). The fourth-order valence-electron chi connectivity index (χ4n) is 4.61. The molecule has 0 unspecified atom stereocenters. The Labute approximate surface area is 158 Å². The third kappa shape index (κ3) is 3.81. The number of carbonyl (C=O) groups excluding carboxylic acids is 3. The summed E-state index contributed by atoms with van der Waals surface area (Å²) >= 11 is 0. The Morgan fingerprint density at radius 1 is 1.11 bits per heavy atom. The number of carbonyl (C=O) groups is 3. The number of piperidine rings is 1. The molecule has 4 aliphatic rings. The van der Waals surface area contributed by atoms with Crippen LogP contribution in [0.15, 0.2) is 0 Å². The van der Waals surface area contributed by atoms with Gasteiger partial charge in [-0.15, -0.1) is 0 Å².